The van der Waals surface area contributed by atoms with E-state index in [0.29, 0.717) is 6.61 Å². The first-order chi connectivity index (χ1) is 14.1. The highest BCUT2D eigenvalue weighted by atomic mass is 32.2. The number of aromatic nitrogens is 4. The maximum atomic E-state index is 5.90. The Morgan fingerprint density at radius 1 is 1.07 bits per heavy atom. The number of benzene rings is 2. The highest BCUT2D eigenvalue weighted by molar-refractivity contribution is 7.98. The zero-order valence-corrected chi connectivity index (χ0v) is 18.3. The number of hydrogen-bond acceptors (Lipinski definition) is 6. The molecule has 4 aromatic rings. The molecule has 0 saturated heterocycles. The van der Waals surface area contributed by atoms with Gasteiger partial charge in [-0.3, -0.25) is 0 Å². The predicted molar refractivity (Wildman–Crippen MR) is 118 cm³/mol. The van der Waals surface area contributed by atoms with Gasteiger partial charge in [-0.05, 0) is 31.5 Å². The summed E-state index contributed by atoms with van der Waals surface area (Å²) < 4.78 is 7.88. The van der Waals surface area contributed by atoms with Crippen LogP contribution in [-0.4, -0.2) is 19.7 Å². The molecule has 0 aliphatic heterocycles. The fraction of sp³-hybridized carbons (Fsp3) is 0.227. The van der Waals surface area contributed by atoms with Crippen molar-refractivity contribution in [3.63, 3.8) is 0 Å². The molecule has 0 radical (unpaired) electrons. The first-order valence-corrected chi connectivity index (χ1v) is 11.2. The van der Waals surface area contributed by atoms with E-state index in [2.05, 4.69) is 46.8 Å². The van der Waals surface area contributed by atoms with Gasteiger partial charge in [0.1, 0.15) is 17.4 Å². The van der Waals surface area contributed by atoms with Crippen LogP contribution in [0.4, 0.5) is 0 Å². The summed E-state index contributed by atoms with van der Waals surface area (Å²) >= 11 is 3.31. The van der Waals surface area contributed by atoms with Crippen molar-refractivity contribution in [2.75, 3.05) is 0 Å². The Kier molecular flexibility index (Phi) is 5.97. The number of aryl methyl sites for hydroxylation is 2. The Balaban J connectivity index is 1.38. The molecule has 148 valence electrons. The van der Waals surface area contributed by atoms with Crippen molar-refractivity contribution in [3.05, 3.63) is 76.6 Å². The molecule has 0 aliphatic carbocycles. The topological polar surface area (TPSA) is 52.8 Å². The summed E-state index contributed by atoms with van der Waals surface area (Å²) in [5.74, 6) is 2.43. The van der Waals surface area contributed by atoms with Crippen molar-refractivity contribution in [1.29, 1.82) is 0 Å². The van der Waals surface area contributed by atoms with Crippen LogP contribution < -0.4 is 4.74 Å². The molecule has 29 heavy (non-hydrogen) atoms. The van der Waals surface area contributed by atoms with Crippen LogP contribution in [0.3, 0.4) is 0 Å². The second-order valence-electron chi connectivity index (χ2n) is 6.81. The molecule has 0 amide bonds. The number of nitrogens with zero attached hydrogens (tertiary/aromatic N) is 4. The van der Waals surface area contributed by atoms with Crippen molar-refractivity contribution >= 4 is 23.1 Å². The maximum absolute atomic E-state index is 5.90. The predicted octanol–water partition coefficient (Wildman–Crippen LogP) is 5.43. The van der Waals surface area contributed by atoms with Crippen LogP contribution in [0.25, 0.3) is 10.6 Å². The molecule has 0 bridgehead atoms. The van der Waals surface area contributed by atoms with Crippen LogP contribution in [0, 0.1) is 13.8 Å². The molecule has 2 aromatic carbocycles. The van der Waals surface area contributed by atoms with Gasteiger partial charge in [0.25, 0.3) is 0 Å². The van der Waals surface area contributed by atoms with Gasteiger partial charge in [0.2, 0.25) is 0 Å². The van der Waals surface area contributed by atoms with Crippen LogP contribution in [0.15, 0.2) is 59.1 Å². The molecule has 0 atom stereocenters. The summed E-state index contributed by atoms with van der Waals surface area (Å²) in [5, 5.41) is 12.6. The Morgan fingerprint density at radius 3 is 2.76 bits per heavy atom. The fourth-order valence-electron chi connectivity index (χ4n) is 2.88. The largest absolute Gasteiger partial charge is 0.485 e. The summed E-state index contributed by atoms with van der Waals surface area (Å²) in [6.07, 6.45) is 0. The summed E-state index contributed by atoms with van der Waals surface area (Å²) in [4.78, 5) is 4.77. The number of ether oxygens (including phenoxy) is 1. The third kappa shape index (κ3) is 4.68. The molecule has 7 heteroatoms. The second-order valence-corrected chi connectivity index (χ2v) is 8.61. The third-order valence-corrected chi connectivity index (χ3v) is 6.54. The zero-order valence-electron chi connectivity index (χ0n) is 16.6. The van der Waals surface area contributed by atoms with Crippen molar-refractivity contribution in [2.24, 2.45) is 7.05 Å². The Labute approximate surface area is 178 Å². The van der Waals surface area contributed by atoms with Crippen molar-refractivity contribution in [1.82, 2.24) is 19.7 Å². The molecule has 0 fully saturated rings. The summed E-state index contributed by atoms with van der Waals surface area (Å²) in [7, 11) is 1.97. The van der Waals surface area contributed by atoms with E-state index in [9.17, 15) is 0 Å². The molecular weight excluding hydrogens is 400 g/mol. The van der Waals surface area contributed by atoms with Gasteiger partial charge in [-0.25, -0.2) is 4.98 Å². The van der Waals surface area contributed by atoms with E-state index in [1.54, 1.807) is 23.1 Å². The van der Waals surface area contributed by atoms with Crippen LogP contribution in [-0.2, 0) is 19.4 Å². The maximum Gasteiger partial charge on any atom is 0.191 e. The average Bonchev–Trinajstić information content (AvgIpc) is 3.33. The minimum Gasteiger partial charge on any atom is -0.485 e. The molecule has 0 N–H and O–H groups in total. The third-order valence-electron chi connectivity index (χ3n) is 4.54. The van der Waals surface area contributed by atoms with Crippen molar-refractivity contribution in [2.45, 2.75) is 31.4 Å². The molecule has 4 rings (SSSR count). The van der Waals surface area contributed by atoms with E-state index in [4.69, 9.17) is 9.72 Å². The lowest BCUT2D eigenvalue weighted by atomic mass is 10.1. The SMILES string of the molecule is Cc1cccc(-c2nc(CSc3nnc(COc4ccccc4C)n3C)cs2)c1. The standard InChI is InChI=1S/C22H22N4OS2/c1-15-7-6-9-17(11-15)21-23-18(13-28-21)14-29-22-25-24-20(26(22)3)12-27-19-10-5-4-8-16(19)2/h4-11,13H,12,14H2,1-3H3. The van der Waals surface area contributed by atoms with Crippen LogP contribution in [0.5, 0.6) is 5.75 Å². The van der Waals surface area contributed by atoms with Crippen LogP contribution >= 0.6 is 23.1 Å². The van der Waals surface area contributed by atoms with Gasteiger partial charge in [-0.15, -0.1) is 21.5 Å². The first kappa shape index (κ1) is 19.7. The van der Waals surface area contributed by atoms with Gasteiger partial charge in [0.15, 0.2) is 11.0 Å². The van der Waals surface area contributed by atoms with Crippen molar-refractivity contribution < 1.29 is 4.74 Å². The Morgan fingerprint density at radius 2 is 1.93 bits per heavy atom. The number of thiazole rings is 1. The highest BCUT2D eigenvalue weighted by Gasteiger charge is 2.12. The van der Waals surface area contributed by atoms with Crippen LogP contribution in [0.2, 0.25) is 0 Å². The Bertz CT molecular complexity index is 1120. The molecule has 5 nitrogen and oxygen atoms in total. The van der Waals surface area contributed by atoms with Gasteiger partial charge < -0.3 is 9.30 Å². The monoisotopic (exact) mass is 422 g/mol. The lowest BCUT2D eigenvalue weighted by Crippen LogP contribution is -2.04. The van der Waals surface area contributed by atoms with Gasteiger partial charge in [0.05, 0.1) is 5.69 Å². The smallest absolute Gasteiger partial charge is 0.191 e. The van der Waals surface area contributed by atoms with E-state index in [-0.39, 0.29) is 0 Å². The molecule has 0 aliphatic rings. The van der Waals surface area contributed by atoms with Gasteiger partial charge in [0, 0.05) is 23.7 Å². The molecule has 2 heterocycles. The quantitative estimate of drug-likeness (QED) is 0.372. The lowest BCUT2D eigenvalue weighted by molar-refractivity contribution is 0.288. The molecule has 2 aromatic heterocycles. The summed E-state index contributed by atoms with van der Waals surface area (Å²) in [6, 6.07) is 16.4. The zero-order chi connectivity index (χ0) is 20.2. The van der Waals surface area contributed by atoms with Gasteiger partial charge >= 0.3 is 0 Å². The second kappa shape index (κ2) is 8.80. The first-order valence-electron chi connectivity index (χ1n) is 9.31. The van der Waals surface area contributed by atoms with E-state index in [0.717, 1.165) is 38.7 Å². The molecule has 0 spiro atoms. The highest BCUT2D eigenvalue weighted by Crippen LogP contribution is 2.28. The van der Waals surface area contributed by atoms with Crippen LogP contribution in [0.1, 0.15) is 22.6 Å². The van der Waals surface area contributed by atoms with E-state index < -0.39 is 0 Å². The number of hydrogen-bond donors (Lipinski definition) is 0. The van der Waals surface area contributed by atoms with E-state index in [1.165, 1.54) is 11.1 Å². The average molecular weight is 423 g/mol. The van der Waals surface area contributed by atoms with Crippen molar-refractivity contribution in [3.8, 4) is 16.3 Å². The van der Waals surface area contributed by atoms with Gasteiger partial charge in [-0.1, -0.05) is 53.7 Å². The number of rotatable bonds is 7. The summed E-state index contributed by atoms with van der Waals surface area (Å²) in [6.45, 7) is 4.53. The lowest BCUT2D eigenvalue weighted by Gasteiger charge is -2.08. The minimum absolute atomic E-state index is 0.392. The molecule has 0 unspecified atom stereocenters. The Hall–Kier alpha value is -2.64. The van der Waals surface area contributed by atoms with E-state index >= 15 is 0 Å². The van der Waals surface area contributed by atoms with Gasteiger partial charge in [-0.2, -0.15) is 0 Å². The summed E-state index contributed by atoms with van der Waals surface area (Å²) in [5.41, 5.74) is 4.57. The normalized spacial score (nSPS) is 11.0. The molecule has 0 saturated carbocycles. The fourth-order valence-corrected chi connectivity index (χ4v) is 4.62. The van der Waals surface area contributed by atoms with E-state index in [1.807, 2.05) is 42.8 Å². The molecular formula is C22H22N4OS2. The number of thioether (sulfide) groups is 1. The minimum atomic E-state index is 0.392. The number of para-hydroxylation sites is 1.